The molecule has 3 N–H and O–H groups in total. The first-order chi connectivity index (χ1) is 12.5. The number of urea groups is 1. The van der Waals surface area contributed by atoms with Crippen LogP contribution in [0.15, 0.2) is 65.8 Å². The molecule has 0 aliphatic heterocycles. The number of hydrazone groups is 1. The first-order valence-electron chi connectivity index (χ1n) is 7.94. The third-order valence-electron chi connectivity index (χ3n) is 3.79. The molecule has 0 spiro atoms. The van der Waals surface area contributed by atoms with Crippen molar-refractivity contribution in [3.63, 3.8) is 0 Å². The van der Waals surface area contributed by atoms with Gasteiger partial charge in [0.15, 0.2) is 0 Å². The van der Waals surface area contributed by atoms with Gasteiger partial charge in [-0.05, 0) is 35.9 Å². The monoisotopic (exact) mass is 347 g/mol. The third kappa shape index (κ3) is 3.87. The highest BCUT2D eigenvalue weighted by molar-refractivity contribution is 6.04. The minimum Gasteiger partial charge on any atom is -0.422 e. The van der Waals surface area contributed by atoms with E-state index in [1.165, 1.54) is 6.21 Å². The lowest BCUT2D eigenvalue weighted by atomic mass is 10.0. The molecule has 6 nitrogen and oxygen atoms in total. The Morgan fingerprint density at radius 3 is 2.50 bits per heavy atom. The summed E-state index contributed by atoms with van der Waals surface area (Å²) in [5.74, 6) is -0.137. The van der Waals surface area contributed by atoms with E-state index in [1.54, 1.807) is 18.2 Å². The van der Waals surface area contributed by atoms with E-state index < -0.39 is 12.0 Å². The number of rotatable bonds is 4. The Kier molecular flexibility index (Phi) is 4.94. The van der Waals surface area contributed by atoms with Crippen LogP contribution in [0.4, 0.5) is 4.79 Å². The van der Waals surface area contributed by atoms with Gasteiger partial charge in [-0.15, -0.1) is 0 Å². The first-order valence-corrected chi connectivity index (χ1v) is 7.94. The molecule has 0 saturated carbocycles. The van der Waals surface area contributed by atoms with E-state index in [2.05, 4.69) is 10.5 Å². The number of nitrogens with zero attached hydrogens (tertiary/aromatic N) is 1. The largest absolute Gasteiger partial charge is 0.422 e. The van der Waals surface area contributed by atoms with Crippen LogP contribution in [0.2, 0.25) is 0 Å². The first kappa shape index (κ1) is 17.2. The van der Waals surface area contributed by atoms with Gasteiger partial charge in [0.2, 0.25) is 0 Å². The summed E-state index contributed by atoms with van der Waals surface area (Å²) in [5, 5.41) is 5.58. The zero-order valence-corrected chi connectivity index (χ0v) is 14.1. The number of nitrogens with one attached hydrogen (secondary N) is 1. The predicted octanol–water partition coefficient (Wildman–Crippen LogP) is 3.37. The number of primary amides is 1. The second kappa shape index (κ2) is 7.48. The van der Waals surface area contributed by atoms with E-state index in [0.29, 0.717) is 16.9 Å². The van der Waals surface area contributed by atoms with Crippen LogP contribution in [0.25, 0.3) is 10.8 Å². The Labute approximate surface area is 150 Å². The highest BCUT2D eigenvalue weighted by Gasteiger charge is 2.13. The van der Waals surface area contributed by atoms with Gasteiger partial charge < -0.3 is 10.5 Å². The van der Waals surface area contributed by atoms with Crippen molar-refractivity contribution in [1.82, 2.24) is 5.43 Å². The van der Waals surface area contributed by atoms with E-state index >= 15 is 0 Å². The zero-order valence-electron chi connectivity index (χ0n) is 14.1. The highest BCUT2D eigenvalue weighted by atomic mass is 16.5. The van der Waals surface area contributed by atoms with Gasteiger partial charge in [0.1, 0.15) is 5.75 Å². The highest BCUT2D eigenvalue weighted by Crippen LogP contribution is 2.27. The predicted molar refractivity (Wildman–Crippen MR) is 100 cm³/mol. The number of nitrogens with two attached hydrogens (primary N) is 1. The van der Waals surface area contributed by atoms with E-state index in [1.807, 2.05) is 49.4 Å². The Bertz CT molecular complexity index is 995. The second-order valence-electron chi connectivity index (χ2n) is 5.69. The zero-order chi connectivity index (χ0) is 18.5. The molecule has 130 valence electrons. The fourth-order valence-corrected chi connectivity index (χ4v) is 2.51. The average molecular weight is 347 g/mol. The number of amides is 2. The van der Waals surface area contributed by atoms with Gasteiger partial charge in [-0.3, -0.25) is 0 Å². The molecule has 26 heavy (non-hydrogen) atoms. The van der Waals surface area contributed by atoms with Crippen LogP contribution < -0.4 is 15.9 Å². The SMILES string of the molecule is Cc1ccc(C(=O)Oc2ccc3ccccc3c2/C=N\NC(N)=O)cc1. The molecule has 0 heterocycles. The van der Waals surface area contributed by atoms with Gasteiger partial charge in [-0.2, -0.15) is 5.10 Å². The third-order valence-corrected chi connectivity index (χ3v) is 3.79. The normalized spacial score (nSPS) is 10.8. The topological polar surface area (TPSA) is 93.8 Å². The maximum atomic E-state index is 12.4. The fraction of sp³-hybridized carbons (Fsp3) is 0.0500. The summed E-state index contributed by atoms with van der Waals surface area (Å²) >= 11 is 0. The number of esters is 1. The second-order valence-corrected chi connectivity index (χ2v) is 5.69. The number of carbonyl (C=O) groups excluding carboxylic acids is 2. The number of hydrogen-bond donors (Lipinski definition) is 2. The lowest BCUT2D eigenvalue weighted by molar-refractivity contribution is 0.0734. The van der Waals surface area contributed by atoms with Crippen molar-refractivity contribution in [3.8, 4) is 5.75 Å². The van der Waals surface area contributed by atoms with E-state index in [0.717, 1.165) is 16.3 Å². The molecule has 0 aromatic heterocycles. The molecule has 0 atom stereocenters. The molecule has 0 bridgehead atoms. The van der Waals surface area contributed by atoms with E-state index in [9.17, 15) is 9.59 Å². The molecule has 3 aromatic carbocycles. The van der Waals surface area contributed by atoms with Crippen LogP contribution in [0, 0.1) is 6.92 Å². The van der Waals surface area contributed by atoms with Crippen molar-refractivity contribution in [2.24, 2.45) is 10.8 Å². The molecule has 0 saturated heterocycles. The summed E-state index contributed by atoms with van der Waals surface area (Å²) in [6.07, 6.45) is 1.41. The minimum atomic E-state index is -0.778. The Balaban J connectivity index is 1.98. The van der Waals surface area contributed by atoms with Crippen LogP contribution in [0.5, 0.6) is 5.75 Å². The maximum absolute atomic E-state index is 12.4. The molecule has 6 heteroatoms. The fourth-order valence-electron chi connectivity index (χ4n) is 2.51. The maximum Gasteiger partial charge on any atom is 0.343 e. The number of hydrogen-bond acceptors (Lipinski definition) is 4. The molecule has 3 aromatic rings. The lowest BCUT2D eigenvalue weighted by Gasteiger charge is -2.10. The van der Waals surface area contributed by atoms with Gasteiger partial charge in [-0.25, -0.2) is 15.0 Å². The molecule has 0 radical (unpaired) electrons. The van der Waals surface area contributed by atoms with E-state index in [4.69, 9.17) is 10.5 Å². The lowest BCUT2D eigenvalue weighted by Crippen LogP contribution is -2.24. The van der Waals surface area contributed by atoms with Gasteiger partial charge >= 0.3 is 12.0 Å². The molecule has 2 amide bonds. The van der Waals surface area contributed by atoms with Crippen molar-refractivity contribution >= 4 is 29.0 Å². The molecule has 0 unspecified atom stereocenters. The molecular formula is C20H17N3O3. The van der Waals surface area contributed by atoms with Crippen LogP contribution in [-0.4, -0.2) is 18.2 Å². The van der Waals surface area contributed by atoms with Crippen LogP contribution >= 0.6 is 0 Å². The van der Waals surface area contributed by atoms with Crippen LogP contribution in [0.1, 0.15) is 21.5 Å². The smallest absolute Gasteiger partial charge is 0.343 e. The Morgan fingerprint density at radius 2 is 1.77 bits per heavy atom. The van der Waals surface area contributed by atoms with Gasteiger partial charge in [0.25, 0.3) is 0 Å². The van der Waals surface area contributed by atoms with Crippen LogP contribution in [0.3, 0.4) is 0 Å². The van der Waals surface area contributed by atoms with Crippen LogP contribution in [-0.2, 0) is 0 Å². The summed E-state index contributed by atoms with van der Waals surface area (Å²) in [7, 11) is 0. The van der Waals surface area contributed by atoms with Crippen molar-refractivity contribution < 1.29 is 14.3 Å². The van der Waals surface area contributed by atoms with Gasteiger partial charge in [0.05, 0.1) is 11.8 Å². The summed E-state index contributed by atoms with van der Waals surface area (Å²) in [5.41, 5.74) is 9.24. The Hall–Kier alpha value is -3.67. The number of fused-ring (bicyclic) bond motifs is 1. The summed E-state index contributed by atoms with van der Waals surface area (Å²) < 4.78 is 5.56. The molecule has 0 aliphatic rings. The summed E-state index contributed by atoms with van der Waals surface area (Å²) in [6, 6.07) is 17.5. The molecule has 3 rings (SSSR count). The number of aryl methyl sites for hydroxylation is 1. The molecule has 0 aliphatic carbocycles. The molecular weight excluding hydrogens is 330 g/mol. The average Bonchev–Trinajstić information content (AvgIpc) is 2.63. The van der Waals surface area contributed by atoms with Gasteiger partial charge in [-0.1, -0.05) is 48.0 Å². The van der Waals surface area contributed by atoms with Crippen molar-refractivity contribution in [2.75, 3.05) is 0 Å². The standard InChI is InChI=1S/C20H17N3O3/c1-13-6-8-15(9-7-13)19(24)26-18-11-10-14-4-2-3-5-16(14)17(18)12-22-23-20(21)25/h2-12H,1H3,(H3,21,23,25)/b22-12-. The number of carbonyl (C=O) groups is 2. The van der Waals surface area contributed by atoms with Crippen molar-refractivity contribution in [1.29, 1.82) is 0 Å². The summed E-state index contributed by atoms with van der Waals surface area (Å²) in [6.45, 7) is 1.94. The van der Waals surface area contributed by atoms with Crippen molar-refractivity contribution in [2.45, 2.75) is 6.92 Å². The number of ether oxygens (including phenoxy) is 1. The van der Waals surface area contributed by atoms with Crippen molar-refractivity contribution in [3.05, 3.63) is 77.4 Å². The van der Waals surface area contributed by atoms with E-state index in [-0.39, 0.29) is 0 Å². The minimum absolute atomic E-state index is 0.337. The van der Waals surface area contributed by atoms with Gasteiger partial charge in [0, 0.05) is 5.56 Å². The number of benzene rings is 3. The summed E-state index contributed by atoms with van der Waals surface area (Å²) in [4.78, 5) is 23.3. The quantitative estimate of drug-likeness (QED) is 0.328. The Morgan fingerprint density at radius 1 is 1.04 bits per heavy atom. The molecule has 0 fully saturated rings.